The predicted molar refractivity (Wildman–Crippen MR) is 120 cm³/mol. The van der Waals surface area contributed by atoms with Crippen molar-refractivity contribution < 1.29 is 32.2 Å². The number of piperidine rings is 1. The van der Waals surface area contributed by atoms with E-state index in [1.807, 2.05) is 4.90 Å². The van der Waals surface area contributed by atoms with Crippen molar-refractivity contribution in [2.24, 2.45) is 11.3 Å². The van der Waals surface area contributed by atoms with Crippen molar-refractivity contribution in [3.63, 3.8) is 0 Å². The second-order valence-electron chi connectivity index (χ2n) is 10.0. The summed E-state index contributed by atoms with van der Waals surface area (Å²) in [6, 6.07) is 3.93. The van der Waals surface area contributed by atoms with Crippen molar-refractivity contribution in [1.29, 1.82) is 0 Å². The zero-order chi connectivity index (χ0) is 25.5. The number of aromatic nitrogens is 3. The molecule has 2 amide bonds. The van der Waals surface area contributed by atoms with Gasteiger partial charge in [0.2, 0.25) is 5.91 Å². The van der Waals surface area contributed by atoms with Crippen LogP contribution in [0.3, 0.4) is 0 Å². The van der Waals surface area contributed by atoms with Crippen LogP contribution >= 0.6 is 0 Å². The molecule has 2 aliphatic heterocycles. The van der Waals surface area contributed by atoms with Gasteiger partial charge in [-0.25, -0.2) is 4.79 Å². The van der Waals surface area contributed by atoms with Crippen LogP contribution in [0.1, 0.15) is 41.8 Å². The van der Waals surface area contributed by atoms with Crippen LogP contribution in [0.4, 0.5) is 18.0 Å². The third-order valence-corrected chi connectivity index (χ3v) is 7.58. The van der Waals surface area contributed by atoms with Crippen molar-refractivity contribution >= 4 is 12.0 Å². The molecule has 2 aromatic rings. The van der Waals surface area contributed by atoms with E-state index in [-0.39, 0.29) is 29.6 Å². The number of alkyl halides is 3. The van der Waals surface area contributed by atoms with Gasteiger partial charge in [-0.3, -0.25) is 9.89 Å². The van der Waals surface area contributed by atoms with Crippen LogP contribution in [0.15, 0.2) is 18.2 Å². The lowest BCUT2D eigenvalue weighted by molar-refractivity contribution is -0.274. The molecule has 5 rings (SSSR count). The van der Waals surface area contributed by atoms with E-state index in [1.165, 1.54) is 18.2 Å². The van der Waals surface area contributed by atoms with Gasteiger partial charge in [-0.2, -0.15) is 0 Å². The number of likely N-dealkylation sites (tertiary alicyclic amines) is 2. The Morgan fingerprint density at radius 2 is 1.94 bits per heavy atom. The molecular weight excluding hydrogens is 479 g/mol. The molecule has 2 fully saturated rings. The maximum Gasteiger partial charge on any atom is 0.573 e. The van der Waals surface area contributed by atoms with Gasteiger partial charge >= 0.3 is 12.5 Å². The van der Waals surface area contributed by atoms with Crippen LogP contribution in [-0.4, -0.2) is 69.8 Å². The molecule has 0 radical (unpaired) electrons. The topological polar surface area (TPSA) is 101 Å². The normalized spacial score (nSPS) is 21.1. The van der Waals surface area contributed by atoms with Gasteiger partial charge in [0.25, 0.3) is 0 Å². The number of amides is 2. The Bertz CT molecular complexity index is 1140. The van der Waals surface area contributed by atoms with E-state index in [1.54, 1.807) is 11.8 Å². The zero-order valence-corrected chi connectivity index (χ0v) is 19.9. The van der Waals surface area contributed by atoms with Crippen LogP contribution < -0.4 is 4.74 Å². The number of carbonyl (C=O) groups is 2. The Morgan fingerprint density at radius 3 is 2.64 bits per heavy atom. The van der Waals surface area contributed by atoms with Crippen LogP contribution in [0.5, 0.6) is 5.75 Å². The molecule has 1 spiro atoms. The van der Waals surface area contributed by atoms with Crippen LogP contribution in [-0.2, 0) is 29.0 Å². The van der Waals surface area contributed by atoms with Crippen LogP contribution in [0, 0.1) is 18.3 Å². The highest BCUT2D eigenvalue weighted by Crippen LogP contribution is 2.42. The van der Waals surface area contributed by atoms with Gasteiger partial charge in [-0.15, -0.1) is 18.3 Å². The molecule has 12 heteroatoms. The molecule has 1 atom stereocenters. The SMILES string of the molecule is Cc1cc(OC(F)(F)F)ccc1COC(=O)N1CCC2(CC1)CN(C(=O)C1CCc3[nH]nnc3C1)C2. The van der Waals surface area contributed by atoms with Gasteiger partial charge in [-0.05, 0) is 55.9 Å². The first-order valence-electron chi connectivity index (χ1n) is 12.1. The molecule has 9 nitrogen and oxygen atoms in total. The van der Waals surface area contributed by atoms with E-state index in [2.05, 4.69) is 20.1 Å². The number of benzene rings is 1. The van der Waals surface area contributed by atoms with Crippen molar-refractivity contribution in [1.82, 2.24) is 25.2 Å². The number of nitrogens with zero attached hydrogens (tertiary/aromatic N) is 4. The molecule has 3 heterocycles. The van der Waals surface area contributed by atoms with E-state index < -0.39 is 12.5 Å². The highest BCUT2D eigenvalue weighted by atomic mass is 19.4. The first kappa shape index (κ1) is 24.4. The van der Waals surface area contributed by atoms with Crippen molar-refractivity contribution in [2.45, 2.75) is 52.0 Å². The van der Waals surface area contributed by atoms with Crippen LogP contribution in [0.25, 0.3) is 0 Å². The van der Waals surface area contributed by atoms with E-state index in [0.29, 0.717) is 43.7 Å². The minimum absolute atomic E-state index is 0.0322. The minimum atomic E-state index is -4.76. The number of aryl methyl sites for hydroxylation is 2. The third kappa shape index (κ3) is 5.12. The standard InChI is InChI=1S/C24H28F3N5O4/c1-15-10-18(36-24(25,26)27)4-2-17(15)12-35-22(34)31-8-6-23(7-9-31)13-32(14-23)21(33)16-3-5-19-20(11-16)29-30-28-19/h2,4,10,16H,3,5-9,11-14H2,1H3,(H,28,29,30). The van der Waals surface area contributed by atoms with Gasteiger partial charge in [0.05, 0.1) is 11.4 Å². The van der Waals surface area contributed by atoms with Crippen molar-refractivity contribution in [3.05, 3.63) is 40.7 Å². The molecule has 3 aliphatic rings. The molecule has 0 bridgehead atoms. The summed E-state index contributed by atoms with van der Waals surface area (Å²) in [5.74, 6) is -0.179. The van der Waals surface area contributed by atoms with Gasteiger partial charge in [0.1, 0.15) is 12.4 Å². The smallest absolute Gasteiger partial charge is 0.445 e. The number of carbonyl (C=O) groups excluding carboxylic acids is 2. The summed E-state index contributed by atoms with van der Waals surface area (Å²) in [6.45, 7) is 4.12. The molecule has 2 saturated heterocycles. The van der Waals surface area contributed by atoms with Gasteiger partial charge in [-0.1, -0.05) is 11.3 Å². The van der Waals surface area contributed by atoms with Gasteiger partial charge in [0, 0.05) is 43.9 Å². The fourth-order valence-electron chi connectivity index (χ4n) is 5.42. The molecule has 1 aromatic carbocycles. The number of H-pyrrole nitrogens is 1. The predicted octanol–water partition coefficient (Wildman–Crippen LogP) is 3.38. The van der Waals surface area contributed by atoms with E-state index in [0.717, 1.165) is 37.1 Å². The molecule has 1 aliphatic carbocycles. The number of ether oxygens (including phenoxy) is 2. The fraction of sp³-hybridized carbons (Fsp3) is 0.583. The van der Waals surface area contributed by atoms with Gasteiger partial charge in [0.15, 0.2) is 0 Å². The summed E-state index contributed by atoms with van der Waals surface area (Å²) in [7, 11) is 0. The maximum absolute atomic E-state index is 13.0. The Labute approximate surface area is 205 Å². The number of hydrogen-bond donors (Lipinski definition) is 1. The van der Waals surface area contributed by atoms with Crippen molar-refractivity contribution in [2.75, 3.05) is 26.2 Å². The fourth-order valence-corrected chi connectivity index (χ4v) is 5.42. The third-order valence-electron chi connectivity index (χ3n) is 7.58. The Morgan fingerprint density at radius 1 is 1.19 bits per heavy atom. The first-order chi connectivity index (χ1) is 17.1. The van der Waals surface area contributed by atoms with Gasteiger partial charge < -0.3 is 19.3 Å². The number of rotatable bonds is 4. The molecule has 1 N–H and O–H groups in total. The number of halogens is 3. The number of nitrogens with one attached hydrogen (secondary N) is 1. The highest BCUT2D eigenvalue weighted by molar-refractivity contribution is 5.80. The molecule has 194 valence electrons. The summed E-state index contributed by atoms with van der Waals surface area (Å²) >= 11 is 0. The van der Waals surface area contributed by atoms with Crippen molar-refractivity contribution in [3.8, 4) is 5.75 Å². The number of aromatic amines is 1. The number of hydrogen-bond acceptors (Lipinski definition) is 6. The monoisotopic (exact) mass is 507 g/mol. The van der Waals surface area contributed by atoms with Crippen LogP contribution in [0.2, 0.25) is 0 Å². The summed E-state index contributed by atoms with van der Waals surface area (Å²) in [5.41, 5.74) is 3.12. The zero-order valence-electron chi connectivity index (χ0n) is 19.9. The summed E-state index contributed by atoms with van der Waals surface area (Å²) in [6.07, 6.45) is -1.38. The lowest BCUT2D eigenvalue weighted by Gasteiger charge is -2.54. The second kappa shape index (κ2) is 9.29. The maximum atomic E-state index is 13.0. The molecule has 1 aromatic heterocycles. The lowest BCUT2D eigenvalue weighted by Crippen LogP contribution is -2.63. The molecule has 36 heavy (non-hydrogen) atoms. The Hall–Kier alpha value is -3.31. The van der Waals surface area contributed by atoms with E-state index in [9.17, 15) is 22.8 Å². The largest absolute Gasteiger partial charge is 0.573 e. The minimum Gasteiger partial charge on any atom is -0.445 e. The summed E-state index contributed by atoms with van der Waals surface area (Å²) in [5, 5.41) is 10.8. The lowest BCUT2D eigenvalue weighted by atomic mass is 9.71. The Balaban J connectivity index is 1.06. The Kier molecular flexibility index (Phi) is 6.29. The molecular formula is C24H28F3N5O4. The number of fused-ring (bicyclic) bond motifs is 1. The first-order valence-corrected chi connectivity index (χ1v) is 12.1. The second-order valence-corrected chi connectivity index (χ2v) is 10.0. The molecule has 0 saturated carbocycles. The average molecular weight is 508 g/mol. The van der Waals surface area contributed by atoms with E-state index >= 15 is 0 Å². The van der Waals surface area contributed by atoms with E-state index in [4.69, 9.17) is 4.74 Å². The quantitative estimate of drug-likeness (QED) is 0.681. The summed E-state index contributed by atoms with van der Waals surface area (Å²) < 4.78 is 46.5. The molecule has 1 unspecified atom stereocenters. The highest BCUT2D eigenvalue weighted by Gasteiger charge is 2.48. The summed E-state index contributed by atoms with van der Waals surface area (Å²) in [4.78, 5) is 29.1. The average Bonchev–Trinajstić information content (AvgIpc) is 3.28.